The topological polar surface area (TPSA) is 80.5 Å². The molecule has 2 N–H and O–H groups in total. The minimum Gasteiger partial charge on any atom is -0.495 e. The summed E-state index contributed by atoms with van der Waals surface area (Å²) in [6.45, 7) is 6.15. The van der Waals surface area contributed by atoms with Gasteiger partial charge in [0.15, 0.2) is 0 Å². The number of carbonyl (C=O) groups excluding carboxylic acids is 1. The minimum atomic E-state index is -0.485. The molecule has 1 aromatic heterocycles. The van der Waals surface area contributed by atoms with Crippen LogP contribution in [0, 0.1) is 26.6 Å². The highest BCUT2D eigenvalue weighted by Crippen LogP contribution is 2.25. The van der Waals surface area contributed by atoms with Crippen LogP contribution in [0.1, 0.15) is 32.9 Å². The Bertz CT molecular complexity index is 1140. The highest BCUT2D eigenvalue weighted by atomic mass is 19.1. The lowest BCUT2D eigenvalue weighted by atomic mass is 10.2. The van der Waals surface area contributed by atoms with Gasteiger partial charge in [-0.25, -0.2) is 9.38 Å². The van der Waals surface area contributed by atoms with Gasteiger partial charge < -0.3 is 10.1 Å². The lowest BCUT2D eigenvalue weighted by Gasteiger charge is -2.15. The second kappa shape index (κ2) is 9.42. The fourth-order valence-corrected chi connectivity index (χ4v) is 3.17. The smallest absolute Gasteiger partial charge is 0.258 e. The molecule has 0 spiro atoms. The molecule has 1 heterocycles. The molecule has 3 rings (SSSR count). The lowest BCUT2D eigenvalue weighted by Crippen LogP contribution is -2.36. The largest absolute Gasteiger partial charge is 0.495 e. The molecular weight excluding hydrogens is 397 g/mol. The van der Waals surface area contributed by atoms with E-state index in [0.29, 0.717) is 18.0 Å². The van der Waals surface area contributed by atoms with Crippen LogP contribution in [0.4, 0.5) is 10.1 Å². The summed E-state index contributed by atoms with van der Waals surface area (Å²) in [5.41, 5.74) is 4.69. The Labute approximate surface area is 181 Å². The molecule has 0 aliphatic heterocycles. The van der Waals surface area contributed by atoms with Crippen molar-refractivity contribution in [3.63, 3.8) is 0 Å². The second-order valence-corrected chi connectivity index (χ2v) is 7.23. The second-order valence-electron chi connectivity index (χ2n) is 7.23. The van der Waals surface area contributed by atoms with Gasteiger partial charge in [-0.2, -0.15) is 5.10 Å². The summed E-state index contributed by atoms with van der Waals surface area (Å²) in [6, 6.07) is 11.1. The molecule has 0 saturated carbocycles. The number of benzene rings is 2. The molecule has 2 aromatic carbocycles. The molecule has 0 fully saturated rings. The van der Waals surface area contributed by atoms with E-state index in [0.717, 1.165) is 22.5 Å². The third kappa shape index (κ3) is 5.28. The Morgan fingerprint density at radius 3 is 2.61 bits per heavy atom. The molecule has 7 nitrogen and oxygen atoms in total. The predicted molar refractivity (Wildman–Crippen MR) is 119 cm³/mol. The van der Waals surface area contributed by atoms with Gasteiger partial charge in [0.1, 0.15) is 11.6 Å². The van der Waals surface area contributed by atoms with Crippen molar-refractivity contribution in [1.29, 1.82) is 0 Å². The van der Waals surface area contributed by atoms with E-state index in [1.807, 2.05) is 46.0 Å². The molecule has 8 heteroatoms. The average molecular weight is 423 g/mol. The first-order valence-corrected chi connectivity index (χ1v) is 9.80. The number of nitrogens with one attached hydrogen (secondary N) is 2. The molecule has 0 saturated heterocycles. The Balaban J connectivity index is 1.93. The first kappa shape index (κ1) is 22.0. The minimum absolute atomic E-state index is 0.194. The first-order valence-electron chi connectivity index (χ1n) is 9.80. The summed E-state index contributed by atoms with van der Waals surface area (Å²) >= 11 is 0. The summed E-state index contributed by atoms with van der Waals surface area (Å²) in [5, 5.41) is 10.3. The van der Waals surface area contributed by atoms with Crippen LogP contribution in [-0.2, 0) is 13.6 Å². The van der Waals surface area contributed by atoms with Crippen LogP contribution in [0.3, 0.4) is 0 Å². The van der Waals surface area contributed by atoms with Crippen molar-refractivity contribution in [2.24, 2.45) is 12.0 Å². The molecule has 0 atom stereocenters. The zero-order chi connectivity index (χ0) is 22.5. The maximum Gasteiger partial charge on any atom is 0.258 e. The number of halogens is 1. The fourth-order valence-electron chi connectivity index (χ4n) is 3.17. The number of nitrogens with zero attached hydrogens (tertiary/aromatic N) is 3. The summed E-state index contributed by atoms with van der Waals surface area (Å²) in [4.78, 5) is 17.3. The number of rotatable bonds is 5. The zero-order valence-electron chi connectivity index (χ0n) is 18.3. The number of hydrogen-bond acceptors (Lipinski definition) is 4. The number of guanidine groups is 1. The van der Waals surface area contributed by atoms with Gasteiger partial charge >= 0.3 is 0 Å². The maximum atomic E-state index is 13.6. The number of carbonyl (C=O) groups is 1. The van der Waals surface area contributed by atoms with Crippen molar-refractivity contribution >= 4 is 17.6 Å². The summed E-state index contributed by atoms with van der Waals surface area (Å²) in [7, 11) is 3.44. The number of aliphatic imine (C=N–C) groups is 1. The number of aromatic nitrogens is 2. The number of amides is 1. The van der Waals surface area contributed by atoms with Crippen LogP contribution in [0.25, 0.3) is 0 Å². The third-order valence-corrected chi connectivity index (χ3v) is 4.98. The number of anilines is 1. The molecule has 162 valence electrons. The van der Waals surface area contributed by atoms with E-state index >= 15 is 0 Å². The van der Waals surface area contributed by atoms with Gasteiger partial charge in [0, 0.05) is 23.9 Å². The van der Waals surface area contributed by atoms with E-state index in [9.17, 15) is 9.18 Å². The predicted octanol–water partition coefficient (Wildman–Crippen LogP) is 3.89. The van der Waals surface area contributed by atoms with E-state index in [4.69, 9.17) is 4.74 Å². The van der Waals surface area contributed by atoms with Crippen LogP contribution in [0.15, 0.2) is 47.5 Å². The quantitative estimate of drug-likeness (QED) is 0.482. The van der Waals surface area contributed by atoms with E-state index in [1.165, 1.54) is 18.2 Å². The fraction of sp³-hybridized carbons (Fsp3) is 0.261. The molecule has 0 aliphatic carbocycles. The van der Waals surface area contributed by atoms with Gasteiger partial charge in [-0.05, 0) is 56.7 Å². The van der Waals surface area contributed by atoms with Crippen LogP contribution in [-0.4, -0.2) is 28.8 Å². The maximum absolute atomic E-state index is 13.6. The number of methoxy groups -OCH3 is 1. The summed E-state index contributed by atoms with van der Waals surface area (Å²) < 4.78 is 20.8. The zero-order valence-corrected chi connectivity index (χ0v) is 18.3. The Kier molecular flexibility index (Phi) is 6.69. The lowest BCUT2D eigenvalue weighted by molar-refractivity contribution is 0.0976. The van der Waals surface area contributed by atoms with Gasteiger partial charge in [0.2, 0.25) is 5.96 Å². The molecule has 0 unspecified atom stereocenters. The van der Waals surface area contributed by atoms with Crippen molar-refractivity contribution in [3.05, 3.63) is 76.4 Å². The van der Waals surface area contributed by atoms with E-state index in [-0.39, 0.29) is 11.5 Å². The molecular formula is C23H26FN5O2. The van der Waals surface area contributed by atoms with E-state index in [1.54, 1.807) is 17.9 Å². The Morgan fingerprint density at radius 1 is 1.19 bits per heavy atom. The molecule has 31 heavy (non-hydrogen) atoms. The van der Waals surface area contributed by atoms with Crippen molar-refractivity contribution < 1.29 is 13.9 Å². The van der Waals surface area contributed by atoms with Gasteiger partial charge in [-0.15, -0.1) is 0 Å². The summed E-state index contributed by atoms with van der Waals surface area (Å²) in [5.74, 6) is -0.133. The third-order valence-electron chi connectivity index (χ3n) is 4.98. The van der Waals surface area contributed by atoms with Gasteiger partial charge in [-0.3, -0.25) is 14.8 Å². The van der Waals surface area contributed by atoms with E-state index in [2.05, 4.69) is 20.7 Å². The van der Waals surface area contributed by atoms with Crippen LogP contribution < -0.4 is 15.4 Å². The highest BCUT2D eigenvalue weighted by Gasteiger charge is 2.14. The summed E-state index contributed by atoms with van der Waals surface area (Å²) in [6.07, 6.45) is 0. The molecule has 1 amide bonds. The van der Waals surface area contributed by atoms with Crippen molar-refractivity contribution in [3.8, 4) is 5.75 Å². The van der Waals surface area contributed by atoms with E-state index < -0.39 is 11.7 Å². The highest BCUT2D eigenvalue weighted by molar-refractivity contribution is 6.10. The normalized spacial score (nSPS) is 11.4. The van der Waals surface area contributed by atoms with Gasteiger partial charge in [-0.1, -0.05) is 12.1 Å². The number of aryl methyl sites for hydroxylation is 3. The van der Waals surface area contributed by atoms with Crippen LogP contribution in [0.2, 0.25) is 0 Å². The first-order chi connectivity index (χ1) is 14.8. The molecule has 0 bridgehead atoms. The van der Waals surface area contributed by atoms with Gasteiger partial charge in [0.25, 0.3) is 5.91 Å². The monoisotopic (exact) mass is 423 g/mol. The number of ether oxygens (including phenoxy) is 1. The standard InChI is InChI=1S/C23H26FN5O2/c1-14-9-10-21(31-5)20(11-14)26-23(25-13-19-15(2)28-29(4)16(19)3)27-22(30)17-7-6-8-18(24)12-17/h6-12H,13H2,1-5H3,(H2,25,26,27,30). The SMILES string of the molecule is COc1ccc(C)cc1NC(=NCc1c(C)nn(C)c1C)NC(=O)c1cccc(F)c1. The Hall–Kier alpha value is -3.68. The Morgan fingerprint density at radius 2 is 1.97 bits per heavy atom. The number of hydrogen-bond donors (Lipinski definition) is 2. The van der Waals surface area contributed by atoms with Crippen molar-refractivity contribution in [2.45, 2.75) is 27.3 Å². The molecule has 3 aromatic rings. The van der Waals surface area contributed by atoms with Crippen molar-refractivity contribution in [1.82, 2.24) is 15.1 Å². The molecule has 0 aliphatic rings. The van der Waals surface area contributed by atoms with Crippen LogP contribution >= 0.6 is 0 Å². The van der Waals surface area contributed by atoms with Crippen LogP contribution in [0.5, 0.6) is 5.75 Å². The van der Waals surface area contributed by atoms with Crippen molar-refractivity contribution in [2.75, 3.05) is 12.4 Å². The average Bonchev–Trinajstić information content (AvgIpc) is 2.97. The van der Waals surface area contributed by atoms with Gasteiger partial charge in [0.05, 0.1) is 25.0 Å². The molecule has 0 radical (unpaired) electrons.